The second kappa shape index (κ2) is 5.08. The third-order valence-corrected chi connectivity index (χ3v) is 4.27. The van der Waals surface area contributed by atoms with Crippen LogP contribution in [0, 0.1) is 6.92 Å². The van der Waals surface area contributed by atoms with Gasteiger partial charge in [-0.2, -0.15) is 0 Å². The fourth-order valence-electron chi connectivity index (χ4n) is 1.60. The Morgan fingerprint density at radius 2 is 2.26 bits per heavy atom. The summed E-state index contributed by atoms with van der Waals surface area (Å²) in [6, 6.07) is 3.91. The lowest BCUT2D eigenvalue weighted by Gasteiger charge is -2.04. The van der Waals surface area contributed by atoms with Crippen molar-refractivity contribution in [2.24, 2.45) is 5.84 Å². The van der Waals surface area contributed by atoms with E-state index in [0.29, 0.717) is 5.95 Å². The van der Waals surface area contributed by atoms with Gasteiger partial charge in [-0.05, 0) is 30.8 Å². The van der Waals surface area contributed by atoms with Crippen molar-refractivity contribution >= 4 is 39.3 Å². The van der Waals surface area contributed by atoms with E-state index in [9.17, 15) is 0 Å². The summed E-state index contributed by atoms with van der Waals surface area (Å²) in [5, 5.41) is 2.69. The molecule has 3 aromatic rings. The van der Waals surface area contributed by atoms with Crippen LogP contribution in [-0.2, 0) is 0 Å². The van der Waals surface area contributed by atoms with Crippen molar-refractivity contribution in [1.29, 1.82) is 0 Å². The van der Waals surface area contributed by atoms with Crippen LogP contribution in [0.2, 0.25) is 0 Å². The molecule has 0 bridgehead atoms. The van der Waals surface area contributed by atoms with Gasteiger partial charge in [0.2, 0.25) is 5.95 Å². The quantitative estimate of drug-likeness (QED) is 0.434. The molecule has 0 fully saturated rings. The zero-order valence-electron chi connectivity index (χ0n) is 9.99. The van der Waals surface area contributed by atoms with Gasteiger partial charge in [-0.3, -0.25) is 5.43 Å². The van der Waals surface area contributed by atoms with Gasteiger partial charge in [-0.25, -0.2) is 25.8 Å². The molecular weight excluding hydrogens is 280 g/mol. The normalized spacial score (nSPS) is 10.8. The third kappa shape index (κ3) is 2.50. The topological polar surface area (TPSA) is 89.6 Å². The van der Waals surface area contributed by atoms with Crippen molar-refractivity contribution in [3.05, 3.63) is 29.5 Å². The lowest BCUT2D eigenvalue weighted by molar-refractivity contribution is 1.03. The first-order valence-electron chi connectivity index (χ1n) is 5.45. The molecule has 3 rings (SSSR count). The highest BCUT2D eigenvalue weighted by molar-refractivity contribution is 7.99. The Morgan fingerprint density at radius 3 is 3.00 bits per heavy atom. The van der Waals surface area contributed by atoms with E-state index in [0.717, 1.165) is 20.3 Å². The van der Waals surface area contributed by atoms with Crippen LogP contribution in [0.3, 0.4) is 0 Å². The van der Waals surface area contributed by atoms with Gasteiger partial charge in [0.15, 0.2) is 0 Å². The zero-order chi connectivity index (χ0) is 13.2. The van der Waals surface area contributed by atoms with Gasteiger partial charge in [0.05, 0.1) is 0 Å². The molecule has 96 valence electrons. The Balaban J connectivity index is 2.10. The van der Waals surface area contributed by atoms with E-state index in [2.05, 4.69) is 31.4 Å². The van der Waals surface area contributed by atoms with Crippen LogP contribution in [0.4, 0.5) is 5.95 Å². The summed E-state index contributed by atoms with van der Waals surface area (Å²) in [6.07, 6.45) is 3.22. The van der Waals surface area contributed by atoms with Gasteiger partial charge in [0.1, 0.15) is 21.2 Å². The van der Waals surface area contributed by atoms with Gasteiger partial charge in [0, 0.05) is 16.5 Å². The van der Waals surface area contributed by atoms with Crippen LogP contribution in [-0.4, -0.2) is 19.9 Å². The molecule has 3 aromatic heterocycles. The molecule has 0 amide bonds. The second-order valence-electron chi connectivity index (χ2n) is 3.72. The lowest BCUT2D eigenvalue weighted by Crippen LogP contribution is -2.10. The molecular formula is C11H10N6S2. The number of aromatic nitrogens is 4. The monoisotopic (exact) mass is 290 g/mol. The van der Waals surface area contributed by atoms with Crippen LogP contribution < -0.4 is 11.3 Å². The maximum atomic E-state index is 5.40. The van der Waals surface area contributed by atoms with Gasteiger partial charge in [-0.15, -0.1) is 11.3 Å². The van der Waals surface area contributed by atoms with E-state index in [1.165, 1.54) is 23.0 Å². The minimum absolute atomic E-state index is 0.408. The maximum Gasteiger partial charge on any atom is 0.239 e. The SMILES string of the molecule is Cc1cc2c(Sc3ccncn3)nc(NN)nc2s1. The van der Waals surface area contributed by atoms with E-state index in [4.69, 9.17) is 5.84 Å². The van der Waals surface area contributed by atoms with Crippen LogP contribution in [0.1, 0.15) is 4.88 Å². The number of fused-ring (bicyclic) bond motifs is 1. The minimum Gasteiger partial charge on any atom is -0.292 e. The summed E-state index contributed by atoms with van der Waals surface area (Å²) in [6.45, 7) is 2.04. The molecule has 0 atom stereocenters. The first-order chi connectivity index (χ1) is 9.26. The number of nitrogens with one attached hydrogen (secondary N) is 1. The van der Waals surface area contributed by atoms with E-state index in [1.807, 2.05) is 13.0 Å². The van der Waals surface area contributed by atoms with Crippen LogP contribution in [0.15, 0.2) is 34.7 Å². The van der Waals surface area contributed by atoms with E-state index >= 15 is 0 Å². The maximum absolute atomic E-state index is 5.40. The second-order valence-corrected chi connectivity index (χ2v) is 5.97. The largest absolute Gasteiger partial charge is 0.292 e. The molecule has 8 heteroatoms. The Morgan fingerprint density at radius 1 is 1.37 bits per heavy atom. The van der Waals surface area contributed by atoms with Crippen molar-refractivity contribution in [3.63, 3.8) is 0 Å². The lowest BCUT2D eigenvalue weighted by atomic mass is 10.4. The molecule has 0 saturated carbocycles. The molecule has 19 heavy (non-hydrogen) atoms. The van der Waals surface area contributed by atoms with E-state index in [1.54, 1.807) is 17.5 Å². The molecule has 0 aromatic carbocycles. The van der Waals surface area contributed by atoms with Crippen molar-refractivity contribution in [2.45, 2.75) is 17.0 Å². The highest BCUT2D eigenvalue weighted by Gasteiger charge is 2.12. The molecule has 0 aliphatic rings. The Kier molecular flexibility index (Phi) is 3.28. The summed E-state index contributed by atoms with van der Waals surface area (Å²) >= 11 is 3.08. The number of hydrazine groups is 1. The average molecular weight is 290 g/mol. The smallest absolute Gasteiger partial charge is 0.239 e. The summed E-state index contributed by atoms with van der Waals surface area (Å²) < 4.78 is 0. The number of thiophene rings is 1. The fourth-order valence-corrected chi connectivity index (χ4v) is 3.36. The number of hydrogen-bond donors (Lipinski definition) is 2. The summed E-state index contributed by atoms with van der Waals surface area (Å²) in [7, 11) is 0. The zero-order valence-corrected chi connectivity index (χ0v) is 11.6. The molecule has 0 radical (unpaired) electrons. The van der Waals surface area contributed by atoms with Gasteiger partial charge in [-0.1, -0.05) is 0 Å². The number of rotatable bonds is 3. The van der Waals surface area contributed by atoms with E-state index in [-0.39, 0.29) is 0 Å². The first kappa shape index (κ1) is 12.3. The molecule has 3 heterocycles. The third-order valence-electron chi connectivity index (χ3n) is 2.37. The van der Waals surface area contributed by atoms with Gasteiger partial charge in [0.25, 0.3) is 0 Å². The van der Waals surface area contributed by atoms with Crippen molar-refractivity contribution < 1.29 is 0 Å². The van der Waals surface area contributed by atoms with Crippen LogP contribution in [0.25, 0.3) is 10.2 Å². The number of nitrogen functional groups attached to an aromatic ring is 1. The molecule has 6 nitrogen and oxygen atoms in total. The molecule has 0 aliphatic heterocycles. The predicted molar refractivity (Wildman–Crippen MR) is 76.1 cm³/mol. The van der Waals surface area contributed by atoms with Crippen LogP contribution >= 0.6 is 23.1 Å². The molecule has 0 spiro atoms. The first-order valence-corrected chi connectivity index (χ1v) is 7.08. The Bertz CT molecular complexity index is 712. The number of aryl methyl sites for hydroxylation is 1. The molecule has 0 unspecified atom stereocenters. The number of nitrogens with zero attached hydrogens (tertiary/aromatic N) is 4. The summed E-state index contributed by atoms with van der Waals surface area (Å²) in [5.74, 6) is 5.81. The molecule has 0 saturated heterocycles. The minimum atomic E-state index is 0.408. The number of nitrogens with two attached hydrogens (primary N) is 1. The fraction of sp³-hybridized carbons (Fsp3) is 0.0909. The Labute approximate surface area is 117 Å². The van der Waals surface area contributed by atoms with Crippen LogP contribution in [0.5, 0.6) is 0 Å². The van der Waals surface area contributed by atoms with Gasteiger partial charge < -0.3 is 0 Å². The van der Waals surface area contributed by atoms with E-state index < -0.39 is 0 Å². The highest BCUT2D eigenvalue weighted by atomic mass is 32.2. The molecule has 0 aliphatic carbocycles. The predicted octanol–water partition coefficient (Wildman–Crippen LogP) is 2.23. The van der Waals surface area contributed by atoms with Crippen molar-refractivity contribution in [2.75, 3.05) is 5.43 Å². The average Bonchev–Trinajstić information content (AvgIpc) is 2.80. The number of anilines is 1. The van der Waals surface area contributed by atoms with Gasteiger partial charge >= 0.3 is 0 Å². The highest BCUT2D eigenvalue weighted by Crippen LogP contribution is 2.34. The van der Waals surface area contributed by atoms with Crippen molar-refractivity contribution in [1.82, 2.24) is 19.9 Å². The molecule has 3 N–H and O–H groups in total. The van der Waals surface area contributed by atoms with Crippen molar-refractivity contribution in [3.8, 4) is 0 Å². The summed E-state index contributed by atoms with van der Waals surface area (Å²) in [4.78, 5) is 18.9. The standard InChI is InChI=1S/C11H10N6S2/c1-6-4-7-9(18-6)15-11(17-12)16-10(7)19-8-2-3-13-5-14-8/h2-5H,12H2,1H3,(H,15,16,17). The Hall–Kier alpha value is -1.77. The summed E-state index contributed by atoms with van der Waals surface area (Å²) in [5.41, 5.74) is 2.49. The number of hydrogen-bond acceptors (Lipinski definition) is 8.